The lowest BCUT2D eigenvalue weighted by molar-refractivity contribution is -0.0845. The fourth-order valence-electron chi connectivity index (χ4n) is 2.90. The predicted molar refractivity (Wildman–Crippen MR) is 79.9 cm³/mol. The smallest absolute Gasteiger partial charge is 0.405 e. The van der Waals surface area contributed by atoms with Gasteiger partial charge in [0, 0.05) is 13.1 Å². The van der Waals surface area contributed by atoms with Crippen LogP contribution in [0.2, 0.25) is 0 Å². The van der Waals surface area contributed by atoms with Crippen molar-refractivity contribution >= 4 is 6.09 Å². The summed E-state index contributed by atoms with van der Waals surface area (Å²) in [5.41, 5.74) is 0. The molecular formula is C15H30N2O3. The van der Waals surface area contributed by atoms with Crippen molar-refractivity contribution < 1.29 is 14.6 Å². The van der Waals surface area contributed by atoms with Crippen LogP contribution in [-0.4, -0.2) is 47.6 Å². The highest BCUT2D eigenvalue weighted by Crippen LogP contribution is 2.16. The SMILES string of the molecule is CCCCCCCC(NC(=O)O)N1CC(C)OC(C)C1. The topological polar surface area (TPSA) is 61.8 Å². The number of nitrogens with zero attached hydrogens (tertiary/aromatic N) is 1. The second kappa shape index (κ2) is 9.19. The van der Waals surface area contributed by atoms with Crippen LogP contribution in [-0.2, 0) is 4.74 Å². The molecule has 0 radical (unpaired) electrons. The minimum atomic E-state index is -0.935. The molecule has 0 aromatic heterocycles. The number of amides is 1. The van der Waals surface area contributed by atoms with Gasteiger partial charge in [0.15, 0.2) is 0 Å². The van der Waals surface area contributed by atoms with Crippen molar-refractivity contribution in [3.05, 3.63) is 0 Å². The zero-order chi connectivity index (χ0) is 15.0. The number of carboxylic acid groups (broad SMARTS) is 1. The normalized spacial score (nSPS) is 25.4. The lowest BCUT2D eigenvalue weighted by Crippen LogP contribution is -2.55. The van der Waals surface area contributed by atoms with E-state index in [4.69, 9.17) is 9.84 Å². The van der Waals surface area contributed by atoms with Crippen molar-refractivity contribution in [1.29, 1.82) is 0 Å². The van der Waals surface area contributed by atoms with Crippen molar-refractivity contribution in [2.45, 2.75) is 77.7 Å². The molecular weight excluding hydrogens is 256 g/mol. The van der Waals surface area contributed by atoms with Crippen molar-refractivity contribution in [3.63, 3.8) is 0 Å². The fourth-order valence-corrected chi connectivity index (χ4v) is 2.90. The third-order valence-electron chi connectivity index (χ3n) is 3.76. The van der Waals surface area contributed by atoms with Crippen molar-refractivity contribution in [2.75, 3.05) is 13.1 Å². The van der Waals surface area contributed by atoms with Gasteiger partial charge in [-0.1, -0.05) is 39.0 Å². The standard InChI is InChI=1S/C15H30N2O3/c1-4-5-6-7-8-9-14(16-15(18)19)17-10-12(2)20-13(3)11-17/h12-14,16H,4-11H2,1-3H3,(H,18,19). The first-order chi connectivity index (χ1) is 9.52. The lowest BCUT2D eigenvalue weighted by atomic mass is 10.1. The van der Waals surface area contributed by atoms with E-state index in [2.05, 4.69) is 17.1 Å². The highest BCUT2D eigenvalue weighted by molar-refractivity contribution is 5.64. The van der Waals surface area contributed by atoms with Crippen molar-refractivity contribution in [3.8, 4) is 0 Å². The molecule has 1 saturated heterocycles. The van der Waals surface area contributed by atoms with E-state index in [0.717, 1.165) is 25.9 Å². The molecule has 3 atom stereocenters. The second-order valence-electron chi connectivity index (χ2n) is 5.88. The maximum atomic E-state index is 11.0. The van der Waals surface area contributed by atoms with Gasteiger partial charge in [-0.05, 0) is 20.3 Å². The van der Waals surface area contributed by atoms with Gasteiger partial charge in [-0.15, -0.1) is 0 Å². The zero-order valence-electron chi connectivity index (χ0n) is 13.1. The largest absolute Gasteiger partial charge is 0.465 e. The summed E-state index contributed by atoms with van der Waals surface area (Å²) in [6, 6.07) is 0. The number of carbonyl (C=O) groups is 1. The molecule has 1 amide bonds. The average molecular weight is 286 g/mol. The van der Waals surface area contributed by atoms with Crippen molar-refractivity contribution in [2.24, 2.45) is 0 Å². The van der Waals surface area contributed by atoms with Crippen LogP contribution < -0.4 is 5.32 Å². The van der Waals surface area contributed by atoms with Gasteiger partial charge in [-0.3, -0.25) is 4.90 Å². The number of hydrogen-bond acceptors (Lipinski definition) is 3. The molecule has 20 heavy (non-hydrogen) atoms. The second-order valence-corrected chi connectivity index (χ2v) is 5.88. The molecule has 0 aromatic carbocycles. The van der Waals surface area contributed by atoms with Gasteiger partial charge in [-0.25, -0.2) is 4.79 Å². The van der Waals surface area contributed by atoms with E-state index in [1.807, 2.05) is 13.8 Å². The van der Waals surface area contributed by atoms with E-state index < -0.39 is 6.09 Å². The minimum Gasteiger partial charge on any atom is -0.465 e. The Kier molecular flexibility index (Phi) is 7.92. The van der Waals surface area contributed by atoms with E-state index in [-0.39, 0.29) is 18.4 Å². The molecule has 3 unspecified atom stereocenters. The molecule has 1 aliphatic heterocycles. The maximum absolute atomic E-state index is 11.0. The van der Waals surface area contributed by atoms with Crippen LogP contribution in [0.25, 0.3) is 0 Å². The van der Waals surface area contributed by atoms with Crippen molar-refractivity contribution in [1.82, 2.24) is 10.2 Å². The van der Waals surface area contributed by atoms with Crippen LogP contribution in [0.3, 0.4) is 0 Å². The molecule has 1 aliphatic rings. The molecule has 0 saturated carbocycles. The quantitative estimate of drug-likeness (QED) is 0.673. The summed E-state index contributed by atoms with van der Waals surface area (Å²) < 4.78 is 5.71. The molecule has 0 aliphatic carbocycles. The maximum Gasteiger partial charge on any atom is 0.405 e. The molecule has 1 heterocycles. The van der Waals surface area contributed by atoms with Crippen LogP contribution in [0.5, 0.6) is 0 Å². The Labute approximate surface area is 122 Å². The summed E-state index contributed by atoms with van der Waals surface area (Å²) in [5, 5.41) is 11.7. The van der Waals surface area contributed by atoms with E-state index >= 15 is 0 Å². The summed E-state index contributed by atoms with van der Waals surface area (Å²) in [4.78, 5) is 13.2. The number of unbranched alkanes of at least 4 members (excludes halogenated alkanes) is 4. The monoisotopic (exact) mass is 286 g/mol. The van der Waals surface area contributed by atoms with Gasteiger partial charge in [0.25, 0.3) is 0 Å². The number of ether oxygens (including phenoxy) is 1. The average Bonchev–Trinajstić information content (AvgIpc) is 2.35. The highest BCUT2D eigenvalue weighted by atomic mass is 16.5. The van der Waals surface area contributed by atoms with E-state index in [1.165, 1.54) is 25.7 Å². The molecule has 118 valence electrons. The number of rotatable bonds is 8. The van der Waals surface area contributed by atoms with E-state index in [1.54, 1.807) is 0 Å². The van der Waals surface area contributed by atoms with Gasteiger partial charge in [0.05, 0.1) is 18.4 Å². The third kappa shape index (κ3) is 6.57. The lowest BCUT2D eigenvalue weighted by Gasteiger charge is -2.40. The van der Waals surface area contributed by atoms with Gasteiger partial charge in [-0.2, -0.15) is 0 Å². The Morgan fingerprint density at radius 2 is 1.85 bits per heavy atom. The predicted octanol–water partition coefficient (Wildman–Crippen LogP) is 3.05. The first-order valence-corrected chi connectivity index (χ1v) is 7.92. The molecule has 5 nitrogen and oxygen atoms in total. The molecule has 5 heteroatoms. The summed E-state index contributed by atoms with van der Waals surface area (Å²) in [5.74, 6) is 0. The fraction of sp³-hybridized carbons (Fsp3) is 0.933. The number of nitrogens with one attached hydrogen (secondary N) is 1. The minimum absolute atomic E-state index is 0.0806. The molecule has 1 fully saturated rings. The van der Waals surface area contributed by atoms with Crippen LogP contribution in [0, 0.1) is 0 Å². The van der Waals surface area contributed by atoms with Crippen LogP contribution >= 0.6 is 0 Å². The summed E-state index contributed by atoms with van der Waals surface area (Å²) in [6.07, 6.45) is 6.19. The molecule has 1 rings (SSSR count). The molecule has 0 spiro atoms. The number of morpholine rings is 1. The van der Waals surface area contributed by atoms with Gasteiger partial charge in [0.1, 0.15) is 0 Å². The zero-order valence-corrected chi connectivity index (χ0v) is 13.1. The highest BCUT2D eigenvalue weighted by Gasteiger charge is 2.28. The van der Waals surface area contributed by atoms with E-state index in [9.17, 15) is 4.79 Å². The van der Waals surface area contributed by atoms with Gasteiger partial charge in [0.2, 0.25) is 0 Å². The Hall–Kier alpha value is -0.810. The Balaban J connectivity index is 2.43. The van der Waals surface area contributed by atoms with Crippen LogP contribution in [0.4, 0.5) is 4.79 Å². The Bertz CT molecular complexity index is 276. The van der Waals surface area contributed by atoms with Gasteiger partial charge < -0.3 is 15.2 Å². The molecule has 0 bridgehead atoms. The Morgan fingerprint density at radius 3 is 2.40 bits per heavy atom. The van der Waals surface area contributed by atoms with Gasteiger partial charge >= 0.3 is 6.09 Å². The summed E-state index contributed by atoms with van der Waals surface area (Å²) in [6.45, 7) is 7.88. The number of hydrogen-bond donors (Lipinski definition) is 2. The summed E-state index contributed by atoms with van der Waals surface area (Å²) in [7, 11) is 0. The summed E-state index contributed by atoms with van der Waals surface area (Å²) >= 11 is 0. The molecule has 0 aromatic rings. The molecule has 2 N–H and O–H groups in total. The third-order valence-corrected chi connectivity index (χ3v) is 3.76. The first kappa shape index (κ1) is 17.2. The first-order valence-electron chi connectivity index (χ1n) is 7.92. The Morgan fingerprint density at radius 1 is 1.25 bits per heavy atom. The van der Waals surface area contributed by atoms with Crippen LogP contribution in [0.1, 0.15) is 59.3 Å². The van der Waals surface area contributed by atoms with E-state index in [0.29, 0.717) is 0 Å². The van der Waals surface area contributed by atoms with Crippen LogP contribution in [0.15, 0.2) is 0 Å².